The summed E-state index contributed by atoms with van der Waals surface area (Å²) in [7, 11) is 6.57. The number of carbonyl (C=O) groups is 2. The Morgan fingerprint density at radius 3 is 2.39 bits per heavy atom. The largest absolute Gasteiger partial charge is 0.496 e. The maximum Gasteiger partial charge on any atom is 0.251 e. The molecular weight excluding hydrogens is 347 g/mol. The second-order valence-electron chi connectivity index (χ2n) is 3.50. The third-order valence-electron chi connectivity index (χ3n) is 1.85. The fourth-order valence-corrected chi connectivity index (χ4v) is 1.50. The minimum Gasteiger partial charge on any atom is -0.496 e. The van der Waals surface area contributed by atoms with Crippen LogP contribution in [0.4, 0.5) is 0 Å². The number of carbonyl (C=O) groups excluding carboxylic acids is 2. The van der Waals surface area contributed by atoms with E-state index in [1.54, 1.807) is 40.4 Å². The summed E-state index contributed by atoms with van der Waals surface area (Å²) in [6.07, 6.45) is 0.750. The number of ether oxygens (including phenoxy) is 1. The molecule has 0 radical (unpaired) electrons. The van der Waals surface area contributed by atoms with Crippen LogP contribution >= 0.6 is 22.6 Å². The van der Waals surface area contributed by atoms with Crippen LogP contribution in [0.5, 0.6) is 5.75 Å². The molecule has 0 aliphatic rings. The van der Waals surface area contributed by atoms with Gasteiger partial charge in [0.15, 0.2) is 0 Å². The van der Waals surface area contributed by atoms with Crippen molar-refractivity contribution in [1.29, 1.82) is 0 Å². The molecule has 0 bridgehead atoms. The highest BCUT2D eigenvalue weighted by atomic mass is 127. The summed E-state index contributed by atoms with van der Waals surface area (Å²) in [4.78, 5) is 22.1. The fourth-order valence-electron chi connectivity index (χ4n) is 0.945. The SMILES string of the molecule is CN(C)C=O.CNC(=O)c1ccc(I)c(OC)c1. The minimum atomic E-state index is -0.102. The molecule has 0 saturated heterocycles. The van der Waals surface area contributed by atoms with Crippen molar-refractivity contribution in [2.45, 2.75) is 0 Å². The molecule has 0 aromatic heterocycles. The van der Waals surface area contributed by atoms with Gasteiger partial charge in [-0.3, -0.25) is 9.59 Å². The normalized spacial score (nSPS) is 8.72. The number of benzene rings is 1. The van der Waals surface area contributed by atoms with Crippen LogP contribution in [0.1, 0.15) is 10.4 Å². The lowest BCUT2D eigenvalue weighted by Crippen LogP contribution is -2.17. The average molecular weight is 364 g/mol. The van der Waals surface area contributed by atoms with Crippen molar-refractivity contribution >= 4 is 34.9 Å². The highest BCUT2D eigenvalue weighted by Gasteiger charge is 2.06. The molecule has 6 heteroatoms. The van der Waals surface area contributed by atoms with Crippen LogP contribution in [0.25, 0.3) is 0 Å². The van der Waals surface area contributed by atoms with Crippen LogP contribution in [-0.4, -0.2) is 45.5 Å². The van der Waals surface area contributed by atoms with Crippen molar-refractivity contribution in [3.8, 4) is 5.75 Å². The van der Waals surface area contributed by atoms with Gasteiger partial charge < -0.3 is 15.0 Å². The molecule has 0 aliphatic carbocycles. The molecule has 1 aromatic rings. The van der Waals surface area contributed by atoms with Crippen molar-refractivity contribution in [2.75, 3.05) is 28.3 Å². The molecule has 0 unspecified atom stereocenters. The highest BCUT2D eigenvalue weighted by molar-refractivity contribution is 14.1. The summed E-state index contributed by atoms with van der Waals surface area (Å²) in [6, 6.07) is 5.34. The number of hydrogen-bond acceptors (Lipinski definition) is 3. The minimum absolute atomic E-state index is 0.102. The molecule has 0 aliphatic heterocycles. The van der Waals surface area contributed by atoms with Crippen LogP contribution in [0.3, 0.4) is 0 Å². The third kappa shape index (κ3) is 5.85. The van der Waals surface area contributed by atoms with Crippen LogP contribution in [0.15, 0.2) is 18.2 Å². The quantitative estimate of drug-likeness (QED) is 0.651. The van der Waals surface area contributed by atoms with Crippen molar-refractivity contribution < 1.29 is 14.3 Å². The molecule has 0 heterocycles. The van der Waals surface area contributed by atoms with Crippen LogP contribution in [0, 0.1) is 3.57 Å². The van der Waals surface area contributed by atoms with E-state index in [-0.39, 0.29) is 5.91 Å². The van der Waals surface area contributed by atoms with Gasteiger partial charge in [0.05, 0.1) is 10.7 Å². The maximum atomic E-state index is 11.2. The monoisotopic (exact) mass is 364 g/mol. The Bertz CT molecular complexity index is 408. The van der Waals surface area contributed by atoms with E-state index in [1.807, 2.05) is 6.07 Å². The first-order valence-electron chi connectivity index (χ1n) is 5.13. The second-order valence-corrected chi connectivity index (χ2v) is 4.66. The number of nitrogens with zero attached hydrogens (tertiary/aromatic N) is 1. The topological polar surface area (TPSA) is 58.6 Å². The number of halogens is 1. The van der Waals surface area contributed by atoms with Gasteiger partial charge in [-0.15, -0.1) is 0 Å². The van der Waals surface area contributed by atoms with Gasteiger partial charge >= 0.3 is 0 Å². The van der Waals surface area contributed by atoms with Gasteiger partial charge in [-0.2, -0.15) is 0 Å². The van der Waals surface area contributed by atoms with E-state index in [4.69, 9.17) is 4.74 Å². The number of methoxy groups -OCH3 is 1. The third-order valence-corrected chi connectivity index (χ3v) is 2.74. The van der Waals surface area contributed by atoms with Crippen molar-refractivity contribution in [3.63, 3.8) is 0 Å². The molecule has 18 heavy (non-hydrogen) atoms. The Labute approximate surface area is 121 Å². The molecule has 1 N–H and O–H groups in total. The first-order valence-corrected chi connectivity index (χ1v) is 6.21. The molecule has 0 fully saturated rings. The predicted octanol–water partition coefficient (Wildman–Crippen LogP) is 1.36. The van der Waals surface area contributed by atoms with Crippen molar-refractivity contribution in [3.05, 3.63) is 27.3 Å². The summed E-state index contributed by atoms with van der Waals surface area (Å²) >= 11 is 2.16. The van der Waals surface area contributed by atoms with Gasteiger partial charge in [0.1, 0.15) is 5.75 Å². The highest BCUT2D eigenvalue weighted by Crippen LogP contribution is 2.21. The van der Waals surface area contributed by atoms with Gasteiger partial charge in [-0.05, 0) is 40.8 Å². The number of nitrogens with one attached hydrogen (secondary N) is 1. The first kappa shape index (κ1) is 16.7. The summed E-state index contributed by atoms with van der Waals surface area (Å²) in [5.41, 5.74) is 0.611. The molecule has 5 nitrogen and oxygen atoms in total. The van der Waals surface area contributed by atoms with Gasteiger partial charge in [0.25, 0.3) is 5.91 Å². The van der Waals surface area contributed by atoms with Gasteiger partial charge in [0, 0.05) is 26.7 Å². The zero-order valence-electron chi connectivity index (χ0n) is 10.9. The number of hydrogen-bond donors (Lipinski definition) is 1. The second kappa shape index (κ2) is 8.73. The van der Waals surface area contributed by atoms with E-state index in [2.05, 4.69) is 27.9 Å². The van der Waals surface area contributed by atoms with Crippen molar-refractivity contribution in [2.24, 2.45) is 0 Å². The molecule has 0 spiro atoms. The molecule has 1 aromatic carbocycles. The van der Waals surface area contributed by atoms with Gasteiger partial charge in [0.2, 0.25) is 6.41 Å². The van der Waals surface area contributed by atoms with E-state index in [9.17, 15) is 9.59 Å². The van der Waals surface area contributed by atoms with E-state index < -0.39 is 0 Å². The number of rotatable bonds is 3. The van der Waals surface area contributed by atoms with Gasteiger partial charge in [-0.1, -0.05) is 0 Å². The van der Waals surface area contributed by atoms with E-state index >= 15 is 0 Å². The Hall–Kier alpha value is -1.31. The van der Waals surface area contributed by atoms with E-state index in [0.29, 0.717) is 5.56 Å². The molecule has 1 rings (SSSR count). The average Bonchev–Trinajstić information content (AvgIpc) is 2.39. The molecular formula is C12H17IN2O3. The molecule has 0 saturated carbocycles. The Morgan fingerprint density at radius 1 is 1.44 bits per heavy atom. The summed E-state index contributed by atoms with van der Waals surface area (Å²) in [5, 5.41) is 2.56. The predicted molar refractivity (Wildman–Crippen MR) is 78.9 cm³/mol. The van der Waals surface area contributed by atoms with Crippen LogP contribution < -0.4 is 10.1 Å². The fraction of sp³-hybridized carbons (Fsp3) is 0.333. The van der Waals surface area contributed by atoms with E-state index in [1.165, 1.54) is 4.90 Å². The summed E-state index contributed by atoms with van der Waals surface area (Å²) in [5.74, 6) is 0.622. The lowest BCUT2D eigenvalue weighted by Gasteiger charge is -2.05. The maximum absolute atomic E-state index is 11.2. The van der Waals surface area contributed by atoms with Gasteiger partial charge in [-0.25, -0.2) is 0 Å². The Balaban J connectivity index is 0.000000494. The standard InChI is InChI=1S/C9H10INO2.C3H7NO/c1-11-9(12)6-3-4-7(10)8(5-6)13-2;1-4(2)3-5/h3-5H,1-2H3,(H,11,12);3H,1-2H3. The Kier molecular flexibility index (Phi) is 8.10. The summed E-state index contributed by atoms with van der Waals surface area (Å²) in [6.45, 7) is 0. The zero-order valence-corrected chi connectivity index (χ0v) is 13.0. The number of amides is 2. The lowest BCUT2D eigenvalue weighted by atomic mass is 10.2. The zero-order chi connectivity index (χ0) is 14.1. The lowest BCUT2D eigenvalue weighted by molar-refractivity contribution is -0.115. The molecule has 100 valence electrons. The van der Waals surface area contributed by atoms with Crippen LogP contribution in [0.2, 0.25) is 0 Å². The van der Waals surface area contributed by atoms with Crippen molar-refractivity contribution in [1.82, 2.24) is 10.2 Å². The molecule has 0 atom stereocenters. The smallest absolute Gasteiger partial charge is 0.251 e. The van der Waals surface area contributed by atoms with Crippen LogP contribution in [-0.2, 0) is 4.79 Å². The molecule has 2 amide bonds. The Morgan fingerprint density at radius 2 is 2.00 bits per heavy atom. The summed E-state index contributed by atoms with van der Waals surface area (Å²) < 4.78 is 6.09. The van der Waals surface area contributed by atoms with E-state index in [0.717, 1.165) is 15.7 Å². The first-order chi connectivity index (χ1) is 8.46.